The van der Waals surface area contributed by atoms with Crippen molar-refractivity contribution >= 4 is 10.9 Å². The molecular formula is C14H17FN. The number of unbranched alkanes of at least 4 members (excludes halogenated alkanes) is 2. The molecule has 0 saturated carbocycles. The zero-order chi connectivity index (χ0) is 11.5. The molecule has 1 aromatic heterocycles. The van der Waals surface area contributed by atoms with Gasteiger partial charge in [0.05, 0.1) is 5.52 Å². The maximum Gasteiger partial charge on any atom is 0.125 e. The summed E-state index contributed by atoms with van der Waals surface area (Å²) in [5, 5.41) is 1.15. The van der Waals surface area contributed by atoms with Gasteiger partial charge in [-0.1, -0.05) is 19.8 Å². The summed E-state index contributed by atoms with van der Waals surface area (Å²) in [6.45, 7) is 6.84. The Morgan fingerprint density at radius 1 is 1.31 bits per heavy atom. The first-order chi connectivity index (χ1) is 7.72. The lowest BCUT2D eigenvalue weighted by atomic mass is 10.2. The van der Waals surface area contributed by atoms with E-state index in [1.807, 2.05) is 6.07 Å². The quantitative estimate of drug-likeness (QED) is 0.681. The largest absolute Gasteiger partial charge is 0.347 e. The summed E-state index contributed by atoms with van der Waals surface area (Å²) in [4.78, 5) is 0. The van der Waals surface area contributed by atoms with Gasteiger partial charge in [-0.25, -0.2) is 4.39 Å². The highest BCUT2D eigenvalue weighted by atomic mass is 19.1. The van der Waals surface area contributed by atoms with E-state index in [0.29, 0.717) is 0 Å². The maximum absolute atomic E-state index is 13.2. The number of aromatic nitrogens is 1. The Bertz CT molecular complexity index is 485. The minimum absolute atomic E-state index is 0.163. The van der Waals surface area contributed by atoms with Gasteiger partial charge in [0.15, 0.2) is 0 Å². The standard InChI is InChI=1S/C14H17FN/c1-3-4-5-8-16-10-11(2)13-7-6-12(15)9-14(13)16/h6-7,9-10H,1,3-5,8H2,2H3. The van der Waals surface area contributed by atoms with Gasteiger partial charge in [-0.2, -0.15) is 0 Å². The van der Waals surface area contributed by atoms with Gasteiger partial charge in [0.2, 0.25) is 0 Å². The van der Waals surface area contributed by atoms with E-state index in [0.717, 1.165) is 36.7 Å². The van der Waals surface area contributed by atoms with E-state index in [9.17, 15) is 4.39 Å². The van der Waals surface area contributed by atoms with Crippen molar-refractivity contribution < 1.29 is 4.39 Å². The number of aryl methyl sites for hydroxylation is 2. The fraction of sp³-hybridized carbons (Fsp3) is 0.357. The van der Waals surface area contributed by atoms with E-state index in [2.05, 4.69) is 24.6 Å². The van der Waals surface area contributed by atoms with Crippen LogP contribution >= 0.6 is 0 Å². The first-order valence-corrected chi connectivity index (χ1v) is 5.76. The van der Waals surface area contributed by atoms with Crippen LogP contribution in [0.1, 0.15) is 24.8 Å². The SMILES string of the molecule is [CH2]CCCCn1cc(C)c2ccc(F)cc21. The molecule has 1 heterocycles. The molecule has 0 aliphatic carbocycles. The topological polar surface area (TPSA) is 4.93 Å². The van der Waals surface area contributed by atoms with Crippen molar-refractivity contribution in [2.24, 2.45) is 0 Å². The molecule has 1 nitrogen and oxygen atoms in total. The van der Waals surface area contributed by atoms with Crippen molar-refractivity contribution in [1.29, 1.82) is 0 Å². The van der Waals surface area contributed by atoms with Gasteiger partial charge < -0.3 is 4.57 Å². The van der Waals surface area contributed by atoms with E-state index < -0.39 is 0 Å². The predicted octanol–water partition coefficient (Wildman–Crippen LogP) is 4.09. The van der Waals surface area contributed by atoms with E-state index in [1.165, 1.54) is 11.6 Å². The van der Waals surface area contributed by atoms with Crippen LogP contribution in [0.15, 0.2) is 24.4 Å². The van der Waals surface area contributed by atoms with Gasteiger partial charge in [0, 0.05) is 18.1 Å². The van der Waals surface area contributed by atoms with E-state index in [-0.39, 0.29) is 5.82 Å². The zero-order valence-electron chi connectivity index (χ0n) is 9.67. The molecule has 0 aliphatic rings. The van der Waals surface area contributed by atoms with Crippen molar-refractivity contribution in [3.05, 3.63) is 42.7 Å². The number of hydrogen-bond donors (Lipinski definition) is 0. The highest BCUT2D eigenvalue weighted by molar-refractivity contribution is 5.83. The van der Waals surface area contributed by atoms with E-state index >= 15 is 0 Å². The van der Waals surface area contributed by atoms with Gasteiger partial charge in [-0.05, 0) is 37.1 Å². The molecule has 0 saturated heterocycles. The first-order valence-electron chi connectivity index (χ1n) is 5.76. The van der Waals surface area contributed by atoms with Crippen molar-refractivity contribution in [3.63, 3.8) is 0 Å². The molecule has 16 heavy (non-hydrogen) atoms. The summed E-state index contributed by atoms with van der Waals surface area (Å²) in [7, 11) is 0. The summed E-state index contributed by atoms with van der Waals surface area (Å²) in [5.74, 6) is -0.163. The Hall–Kier alpha value is -1.31. The van der Waals surface area contributed by atoms with Crippen LogP contribution in [0.5, 0.6) is 0 Å². The van der Waals surface area contributed by atoms with Crippen LogP contribution in [0.25, 0.3) is 10.9 Å². The summed E-state index contributed by atoms with van der Waals surface area (Å²) < 4.78 is 15.3. The molecule has 0 N–H and O–H groups in total. The van der Waals surface area contributed by atoms with Crippen LogP contribution in [0.3, 0.4) is 0 Å². The molecule has 2 rings (SSSR count). The minimum Gasteiger partial charge on any atom is -0.347 e. The van der Waals surface area contributed by atoms with Crippen molar-refractivity contribution in [3.8, 4) is 0 Å². The Morgan fingerprint density at radius 3 is 2.88 bits per heavy atom. The third-order valence-corrected chi connectivity index (χ3v) is 2.94. The Morgan fingerprint density at radius 2 is 2.12 bits per heavy atom. The smallest absolute Gasteiger partial charge is 0.125 e. The summed E-state index contributed by atoms with van der Waals surface area (Å²) in [6, 6.07) is 5.00. The van der Waals surface area contributed by atoms with Crippen LogP contribution < -0.4 is 0 Å². The van der Waals surface area contributed by atoms with Gasteiger partial charge in [-0.15, -0.1) is 0 Å². The number of halogens is 1. The second-order valence-corrected chi connectivity index (χ2v) is 4.23. The number of nitrogens with zero attached hydrogens (tertiary/aromatic N) is 1. The molecular weight excluding hydrogens is 201 g/mol. The van der Waals surface area contributed by atoms with Gasteiger partial charge in [0.25, 0.3) is 0 Å². The number of hydrogen-bond acceptors (Lipinski definition) is 0. The predicted molar refractivity (Wildman–Crippen MR) is 65.8 cm³/mol. The van der Waals surface area contributed by atoms with Crippen molar-refractivity contribution in [1.82, 2.24) is 4.57 Å². The average molecular weight is 218 g/mol. The van der Waals surface area contributed by atoms with Gasteiger partial charge in [-0.3, -0.25) is 0 Å². The average Bonchev–Trinajstić information content (AvgIpc) is 2.56. The normalized spacial score (nSPS) is 11.2. The third kappa shape index (κ3) is 2.11. The third-order valence-electron chi connectivity index (χ3n) is 2.94. The fourth-order valence-corrected chi connectivity index (χ4v) is 2.09. The number of rotatable bonds is 4. The molecule has 2 heteroatoms. The Kier molecular flexibility index (Phi) is 3.28. The summed E-state index contributed by atoms with van der Waals surface area (Å²) >= 11 is 0. The second-order valence-electron chi connectivity index (χ2n) is 4.23. The molecule has 0 unspecified atom stereocenters. The molecule has 0 atom stereocenters. The lowest BCUT2D eigenvalue weighted by Crippen LogP contribution is -1.95. The monoisotopic (exact) mass is 218 g/mol. The lowest BCUT2D eigenvalue weighted by molar-refractivity contribution is 0.617. The molecule has 0 amide bonds. The van der Waals surface area contributed by atoms with E-state index in [4.69, 9.17) is 0 Å². The van der Waals surface area contributed by atoms with Crippen LogP contribution in [0.2, 0.25) is 0 Å². The van der Waals surface area contributed by atoms with Gasteiger partial charge >= 0.3 is 0 Å². The number of benzene rings is 1. The Labute approximate surface area is 95.9 Å². The molecule has 1 radical (unpaired) electrons. The maximum atomic E-state index is 13.2. The van der Waals surface area contributed by atoms with Crippen LogP contribution in [0, 0.1) is 19.7 Å². The van der Waals surface area contributed by atoms with Crippen LogP contribution in [-0.4, -0.2) is 4.57 Å². The minimum atomic E-state index is -0.163. The first kappa shape index (κ1) is 11.2. The van der Waals surface area contributed by atoms with Gasteiger partial charge in [0.1, 0.15) is 5.82 Å². The molecule has 0 aliphatic heterocycles. The van der Waals surface area contributed by atoms with Crippen molar-refractivity contribution in [2.45, 2.75) is 32.7 Å². The number of fused-ring (bicyclic) bond motifs is 1. The molecule has 0 spiro atoms. The van der Waals surface area contributed by atoms with Crippen molar-refractivity contribution in [2.75, 3.05) is 0 Å². The molecule has 85 valence electrons. The van der Waals surface area contributed by atoms with E-state index in [1.54, 1.807) is 6.07 Å². The Balaban J connectivity index is 2.33. The molecule has 1 aromatic carbocycles. The molecule has 0 fully saturated rings. The highest BCUT2D eigenvalue weighted by Gasteiger charge is 2.05. The zero-order valence-corrected chi connectivity index (χ0v) is 9.67. The molecule has 2 aromatic rings. The summed E-state index contributed by atoms with van der Waals surface area (Å²) in [6.07, 6.45) is 5.29. The second kappa shape index (κ2) is 4.69. The highest BCUT2D eigenvalue weighted by Crippen LogP contribution is 2.22. The lowest BCUT2D eigenvalue weighted by Gasteiger charge is -2.04. The van der Waals surface area contributed by atoms with Crippen LogP contribution in [0.4, 0.5) is 4.39 Å². The summed E-state index contributed by atoms with van der Waals surface area (Å²) in [5.41, 5.74) is 2.21. The van der Waals surface area contributed by atoms with Crippen LogP contribution in [-0.2, 0) is 6.54 Å². The molecule has 0 bridgehead atoms. The fourth-order valence-electron chi connectivity index (χ4n) is 2.09.